The summed E-state index contributed by atoms with van der Waals surface area (Å²) in [6.07, 6.45) is 2.10. The molecule has 1 aromatic rings. The molecule has 0 heterocycles. The van der Waals surface area contributed by atoms with Gasteiger partial charge in [0.1, 0.15) is 11.6 Å². The molecular formula is C11H13ClF2N2O. The standard InChI is InChI=1S/C11H12F2N2O.ClH/c12-7-2-3-9(8(13)6-7)15-10(16)11(14)4-1-5-11;/h2-3,6H,1,4-5,14H2,(H,15,16);1H. The van der Waals surface area contributed by atoms with Crippen LogP contribution in [-0.2, 0) is 4.79 Å². The molecule has 1 aliphatic rings. The molecule has 3 N–H and O–H groups in total. The topological polar surface area (TPSA) is 55.1 Å². The monoisotopic (exact) mass is 262 g/mol. The fourth-order valence-corrected chi connectivity index (χ4v) is 1.62. The van der Waals surface area contributed by atoms with E-state index in [0.717, 1.165) is 18.6 Å². The lowest BCUT2D eigenvalue weighted by Crippen LogP contribution is -2.56. The maximum atomic E-state index is 13.2. The predicted molar refractivity (Wildman–Crippen MR) is 63.0 cm³/mol. The maximum absolute atomic E-state index is 13.2. The fourth-order valence-electron chi connectivity index (χ4n) is 1.62. The number of halogens is 3. The Labute approximate surface area is 104 Å². The van der Waals surface area contributed by atoms with Crippen LogP contribution < -0.4 is 11.1 Å². The summed E-state index contributed by atoms with van der Waals surface area (Å²) in [6.45, 7) is 0. The van der Waals surface area contributed by atoms with Gasteiger partial charge in [-0.05, 0) is 31.4 Å². The number of amides is 1. The largest absolute Gasteiger partial charge is 0.322 e. The van der Waals surface area contributed by atoms with Crippen LogP contribution >= 0.6 is 12.4 Å². The first-order chi connectivity index (χ1) is 7.51. The number of hydrogen-bond acceptors (Lipinski definition) is 2. The molecule has 0 radical (unpaired) electrons. The van der Waals surface area contributed by atoms with Gasteiger partial charge in [0.05, 0.1) is 11.2 Å². The second-order valence-corrected chi connectivity index (χ2v) is 4.09. The maximum Gasteiger partial charge on any atom is 0.244 e. The van der Waals surface area contributed by atoms with E-state index in [2.05, 4.69) is 5.32 Å². The summed E-state index contributed by atoms with van der Waals surface area (Å²) in [4.78, 5) is 11.7. The second kappa shape index (κ2) is 4.98. The minimum absolute atomic E-state index is 0. The Kier molecular flexibility index (Phi) is 4.06. The molecule has 1 aromatic carbocycles. The molecule has 0 unspecified atom stereocenters. The Bertz CT molecular complexity index is 435. The predicted octanol–water partition coefficient (Wildman–Crippen LogP) is 2.21. The minimum Gasteiger partial charge on any atom is -0.322 e. The number of anilines is 1. The van der Waals surface area contributed by atoms with E-state index in [0.29, 0.717) is 12.8 Å². The molecule has 0 spiro atoms. The normalized spacial score (nSPS) is 16.6. The van der Waals surface area contributed by atoms with Crippen LogP contribution in [0.15, 0.2) is 18.2 Å². The van der Waals surface area contributed by atoms with Gasteiger partial charge >= 0.3 is 0 Å². The lowest BCUT2D eigenvalue weighted by molar-refractivity contribution is -0.123. The molecule has 94 valence electrons. The summed E-state index contributed by atoms with van der Waals surface area (Å²) in [7, 11) is 0. The van der Waals surface area contributed by atoms with Crippen molar-refractivity contribution in [2.45, 2.75) is 24.8 Å². The van der Waals surface area contributed by atoms with Crippen molar-refractivity contribution in [1.29, 1.82) is 0 Å². The van der Waals surface area contributed by atoms with Crippen molar-refractivity contribution in [2.75, 3.05) is 5.32 Å². The summed E-state index contributed by atoms with van der Waals surface area (Å²) in [6, 6.07) is 2.99. The van der Waals surface area contributed by atoms with Gasteiger partial charge in [0.15, 0.2) is 0 Å². The number of nitrogens with one attached hydrogen (secondary N) is 1. The minimum atomic E-state index is -0.888. The first kappa shape index (κ1) is 13.9. The molecule has 0 saturated heterocycles. The zero-order chi connectivity index (χ0) is 11.8. The Morgan fingerprint density at radius 2 is 2.00 bits per heavy atom. The van der Waals surface area contributed by atoms with Crippen molar-refractivity contribution in [3.8, 4) is 0 Å². The van der Waals surface area contributed by atoms with Gasteiger partial charge in [-0.2, -0.15) is 0 Å². The van der Waals surface area contributed by atoms with E-state index >= 15 is 0 Å². The van der Waals surface area contributed by atoms with Gasteiger partial charge in [0.2, 0.25) is 5.91 Å². The van der Waals surface area contributed by atoms with E-state index in [4.69, 9.17) is 5.73 Å². The third-order valence-electron chi connectivity index (χ3n) is 2.88. The number of nitrogens with two attached hydrogens (primary N) is 1. The SMILES string of the molecule is Cl.NC1(C(=O)Nc2ccc(F)cc2F)CCC1. The van der Waals surface area contributed by atoms with Crippen molar-refractivity contribution in [3.05, 3.63) is 29.8 Å². The Hall–Kier alpha value is -1.20. The van der Waals surface area contributed by atoms with Crippen LogP contribution in [0.3, 0.4) is 0 Å². The summed E-state index contributed by atoms with van der Waals surface area (Å²) in [5, 5.41) is 2.37. The van der Waals surface area contributed by atoms with Gasteiger partial charge in [-0.25, -0.2) is 8.78 Å². The molecule has 2 rings (SSSR count). The highest BCUT2D eigenvalue weighted by atomic mass is 35.5. The van der Waals surface area contributed by atoms with Crippen molar-refractivity contribution < 1.29 is 13.6 Å². The zero-order valence-corrected chi connectivity index (χ0v) is 9.82. The Morgan fingerprint density at radius 1 is 1.35 bits per heavy atom. The number of benzene rings is 1. The van der Waals surface area contributed by atoms with Crippen molar-refractivity contribution in [2.24, 2.45) is 5.73 Å². The molecule has 3 nitrogen and oxygen atoms in total. The molecule has 1 fully saturated rings. The highest BCUT2D eigenvalue weighted by Gasteiger charge is 2.40. The molecule has 0 aliphatic heterocycles. The van der Waals surface area contributed by atoms with Gasteiger partial charge in [-0.15, -0.1) is 12.4 Å². The number of hydrogen-bond donors (Lipinski definition) is 2. The van der Waals surface area contributed by atoms with Crippen LogP contribution in [0, 0.1) is 11.6 Å². The number of carbonyl (C=O) groups is 1. The molecule has 6 heteroatoms. The lowest BCUT2D eigenvalue weighted by Gasteiger charge is -2.36. The highest BCUT2D eigenvalue weighted by Crippen LogP contribution is 2.30. The van der Waals surface area contributed by atoms with Gasteiger partial charge in [0.25, 0.3) is 0 Å². The van der Waals surface area contributed by atoms with E-state index < -0.39 is 23.1 Å². The van der Waals surface area contributed by atoms with Crippen molar-refractivity contribution in [1.82, 2.24) is 0 Å². The van der Waals surface area contributed by atoms with Gasteiger partial charge in [-0.1, -0.05) is 0 Å². The highest BCUT2D eigenvalue weighted by molar-refractivity contribution is 5.98. The van der Waals surface area contributed by atoms with Gasteiger partial charge in [0, 0.05) is 6.07 Å². The van der Waals surface area contributed by atoms with Crippen LogP contribution in [-0.4, -0.2) is 11.4 Å². The first-order valence-electron chi connectivity index (χ1n) is 5.07. The molecule has 0 atom stereocenters. The van der Waals surface area contributed by atoms with Crippen LogP contribution in [0.4, 0.5) is 14.5 Å². The van der Waals surface area contributed by atoms with Gasteiger partial charge in [-0.3, -0.25) is 4.79 Å². The van der Waals surface area contributed by atoms with Crippen molar-refractivity contribution in [3.63, 3.8) is 0 Å². The first-order valence-corrected chi connectivity index (χ1v) is 5.07. The van der Waals surface area contributed by atoms with E-state index in [1.165, 1.54) is 6.07 Å². The quantitative estimate of drug-likeness (QED) is 0.859. The van der Waals surface area contributed by atoms with Crippen LogP contribution in [0.5, 0.6) is 0 Å². The fraction of sp³-hybridized carbons (Fsp3) is 0.364. The van der Waals surface area contributed by atoms with Crippen LogP contribution in [0.2, 0.25) is 0 Å². The molecular weight excluding hydrogens is 250 g/mol. The lowest BCUT2D eigenvalue weighted by atomic mass is 9.77. The van der Waals surface area contributed by atoms with Gasteiger partial charge < -0.3 is 11.1 Å². The molecule has 17 heavy (non-hydrogen) atoms. The summed E-state index contributed by atoms with van der Waals surface area (Å²) < 4.78 is 25.8. The van der Waals surface area contributed by atoms with Crippen molar-refractivity contribution >= 4 is 24.0 Å². The number of rotatable bonds is 2. The summed E-state index contributed by atoms with van der Waals surface area (Å²) in [5.74, 6) is -1.89. The molecule has 1 aliphatic carbocycles. The number of carbonyl (C=O) groups excluding carboxylic acids is 1. The molecule has 0 bridgehead atoms. The average Bonchev–Trinajstić information content (AvgIpc) is 2.18. The summed E-state index contributed by atoms with van der Waals surface area (Å²) in [5.41, 5.74) is 4.84. The van der Waals surface area contributed by atoms with E-state index in [-0.39, 0.29) is 18.1 Å². The smallest absolute Gasteiger partial charge is 0.244 e. The van der Waals surface area contributed by atoms with E-state index in [1.54, 1.807) is 0 Å². The average molecular weight is 263 g/mol. The third-order valence-corrected chi connectivity index (χ3v) is 2.88. The Morgan fingerprint density at radius 3 is 2.47 bits per heavy atom. The third kappa shape index (κ3) is 2.73. The van der Waals surface area contributed by atoms with Crippen LogP contribution in [0.25, 0.3) is 0 Å². The summed E-state index contributed by atoms with van der Waals surface area (Å²) >= 11 is 0. The molecule has 1 amide bonds. The molecule has 0 aromatic heterocycles. The zero-order valence-electron chi connectivity index (χ0n) is 9.00. The Balaban J connectivity index is 0.00000144. The van der Waals surface area contributed by atoms with E-state index in [9.17, 15) is 13.6 Å². The second-order valence-electron chi connectivity index (χ2n) is 4.09. The molecule has 1 saturated carbocycles. The van der Waals surface area contributed by atoms with Crippen LogP contribution in [0.1, 0.15) is 19.3 Å². The van der Waals surface area contributed by atoms with E-state index in [1.807, 2.05) is 0 Å².